The summed E-state index contributed by atoms with van der Waals surface area (Å²) in [6.07, 6.45) is 4.02. The molecule has 2 atom stereocenters. The molecule has 0 aromatic carbocycles. The number of aliphatic hydroxyl groups is 1. The number of carbonyl (C=O) groups excluding carboxylic acids is 1. The fourth-order valence-electron chi connectivity index (χ4n) is 3.01. The summed E-state index contributed by atoms with van der Waals surface area (Å²) in [5.74, 6) is 0.301. The molecule has 6 heteroatoms. The third kappa shape index (κ3) is 3.02. The highest BCUT2D eigenvalue weighted by molar-refractivity contribution is 7.15. The van der Waals surface area contributed by atoms with E-state index in [0.29, 0.717) is 12.5 Å². The topological polar surface area (TPSA) is 65.5 Å². The number of anilines is 1. The van der Waals surface area contributed by atoms with Crippen molar-refractivity contribution in [3.05, 3.63) is 10.6 Å². The lowest BCUT2D eigenvalue weighted by atomic mass is 10.0. The maximum absolute atomic E-state index is 12.0. The van der Waals surface area contributed by atoms with Gasteiger partial charge in [0.1, 0.15) is 0 Å². The van der Waals surface area contributed by atoms with Gasteiger partial charge in [0.05, 0.1) is 18.3 Å². The van der Waals surface area contributed by atoms with Gasteiger partial charge in [-0.2, -0.15) is 0 Å². The highest BCUT2D eigenvalue weighted by atomic mass is 32.1. The van der Waals surface area contributed by atoms with Crippen LogP contribution in [0.4, 0.5) is 5.13 Å². The summed E-state index contributed by atoms with van der Waals surface area (Å²) < 4.78 is 0. The first-order valence-corrected chi connectivity index (χ1v) is 8.12. The molecule has 1 amide bonds. The number of fused-ring (bicyclic) bond motifs is 1. The molecule has 2 N–H and O–H groups in total. The first-order valence-electron chi connectivity index (χ1n) is 7.30. The largest absolute Gasteiger partial charge is 0.393 e. The number of thiazole rings is 1. The second-order valence-corrected chi connectivity index (χ2v) is 6.90. The van der Waals surface area contributed by atoms with Gasteiger partial charge < -0.3 is 10.4 Å². The Morgan fingerprint density at radius 1 is 1.60 bits per heavy atom. The van der Waals surface area contributed by atoms with E-state index in [-0.39, 0.29) is 12.0 Å². The third-order valence-corrected chi connectivity index (χ3v) is 5.27. The first kappa shape index (κ1) is 14.0. The molecule has 1 aliphatic heterocycles. The number of nitrogens with zero attached hydrogens (tertiary/aromatic N) is 2. The van der Waals surface area contributed by atoms with Crippen molar-refractivity contribution in [1.29, 1.82) is 0 Å². The van der Waals surface area contributed by atoms with Gasteiger partial charge in [0.2, 0.25) is 5.91 Å². The van der Waals surface area contributed by atoms with Crippen molar-refractivity contribution in [3.63, 3.8) is 0 Å². The number of hydrogen-bond acceptors (Lipinski definition) is 5. The second kappa shape index (κ2) is 5.79. The molecular weight excluding hydrogens is 274 g/mol. The normalized spacial score (nSPS) is 23.8. The zero-order valence-electron chi connectivity index (χ0n) is 11.8. The molecule has 0 saturated carbocycles. The average Bonchev–Trinajstić information content (AvgIpc) is 3.03. The molecule has 0 spiro atoms. The Morgan fingerprint density at radius 2 is 2.45 bits per heavy atom. The first-order chi connectivity index (χ1) is 9.61. The van der Waals surface area contributed by atoms with Crippen LogP contribution in [-0.4, -0.2) is 46.6 Å². The molecule has 2 heterocycles. The van der Waals surface area contributed by atoms with Crippen LogP contribution >= 0.6 is 11.3 Å². The maximum Gasteiger partial charge on any atom is 0.240 e. The summed E-state index contributed by atoms with van der Waals surface area (Å²) in [6, 6.07) is 0. The number of aliphatic hydroxyl groups excluding tert-OH is 1. The Morgan fingerprint density at radius 3 is 3.15 bits per heavy atom. The lowest BCUT2D eigenvalue weighted by Gasteiger charge is -2.16. The minimum Gasteiger partial charge on any atom is -0.393 e. The van der Waals surface area contributed by atoms with Gasteiger partial charge in [-0.25, -0.2) is 4.98 Å². The number of rotatable bonds is 4. The zero-order chi connectivity index (χ0) is 14.1. The molecular formula is C14H21N3O2S. The molecule has 1 fully saturated rings. The molecule has 3 rings (SSSR count). The van der Waals surface area contributed by atoms with Gasteiger partial charge in [-0.1, -0.05) is 0 Å². The second-order valence-electron chi connectivity index (χ2n) is 5.82. The molecule has 0 bridgehead atoms. The molecule has 1 aliphatic carbocycles. The van der Waals surface area contributed by atoms with Crippen molar-refractivity contribution < 1.29 is 9.90 Å². The summed E-state index contributed by atoms with van der Waals surface area (Å²) in [5.41, 5.74) is 1.17. The predicted molar refractivity (Wildman–Crippen MR) is 79.0 cm³/mol. The summed E-state index contributed by atoms with van der Waals surface area (Å²) in [6.45, 7) is 3.91. The molecule has 2 unspecified atom stereocenters. The van der Waals surface area contributed by atoms with E-state index in [4.69, 9.17) is 0 Å². The lowest BCUT2D eigenvalue weighted by Crippen LogP contribution is -2.32. The quantitative estimate of drug-likeness (QED) is 0.878. The van der Waals surface area contributed by atoms with Crippen LogP contribution < -0.4 is 5.32 Å². The van der Waals surface area contributed by atoms with E-state index in [1.54, 1.807) is 11.3 Å². The van der Waals surface area contributed by atoms with E-state index in [9.17, 15) is 9.90 Å². The minimum absolute atomic E-state index is 0.00339. The molecule has 1 saturated heterocycles. The van der Waals surface area contributed by atoms with Crippen molar-refractivity contribution in [2.75, 3.05) is 25.0 Å². The van der Waals surface area contributed by atoms with Crippen LogP contribution in [0.25, 0.3) is 0 Å². The summed E-state index contributed by atoms with van der Waals surface area (Å²) in [7, 11) is 0. The number of amides is 1. The van der Waals surface area contributed by atoms with Crippen molar-refractivity contribution in [1.82, 2.24) is 9.88 Å². The van der Waals surface area contributed by atoms with Gasteiger partial charge in [-0.3, -0.25) is 9.69 Å². The van der Waals surface area contributed by atoms with Crippen LogP contribution in [0.3, 0.4) is 0 Å². The molecule has 2 aliphatic rings. The van der Waals surface area contributed by atoms with Crippen LogP contribution in [0.1, 0.15) is 30.3 Å². The summed E-state index contributed by atoms with van der Waals surface area (Å²) in [5, 5.41) is 13.2. The predicted octanol–water partition coefficient (Wildman–Crippen LogP) is 1.27. The molecule has 5 nitrogen and oxygen atoms in total. The molecule has 1 aromatic heterocycles. The molecule has 0 radical (unpaired) electrons. The van der Waals surface area contributed by atoms with Crippen LogP contribution in [-0.2, 0) is 17.6 Å². The highest BCUT2D eigenvalue weighted by Crippen LogP contribution is 2.30. The van der Waals surface area contributed by atoms with Crippen LogP contribution in [0.2, 0.25) is 0 Å². The van der Waals surface area contributed by atoms with Crippen molar-refractivity contribution in [2.24, 2.45) is 5.92 Å². The fourth-order valence-corrected chi connectivity index (χ4v) is 4.07. The SMILES string of the molecule is CC(O)C1CCN(CC(=O)Nc2nc3c(s2)CCC3)C1. The van der Waals surface area contributed by atoms with Gasteiger partial charge in [0, 0.05) is 11.4 Å². The van der Waals surface area contributed by atoms with Gasteiger partial charge in [0.25, 0.3) is 0 Å². The van der Waals surface area contributed by atoms with Gasteiger partial charge >= 0.3 is 0 Å². The Labute approximate surface area is 123 Å². The van der Waals surface area contributed by atoms with E-state index < -0.39 is 0 Å². The lowest BCUT2D eigenvalue weighted by molar-refractivity contribution is -0.117. The van der Waals surface area contributed by atoms with Crippen molar-refractivity contribution in [3.8, 4) is 0 Å². The van der Waals surface area contributed by atoms with Gasteiger partial charge in [-0.05, 0) is 45.1 Å². The highest BCUT2D eigenvalue weighted by Gasteiger charge is 2.27. The summed E-state index contributed by atoms with van der Waals surface area (Å²) >= 11 is 1.61. The molecule has 1 aromatic rings. The fraction of sp³-hybridized carbons (Fsp3) is 0.714. The van der Waals surface area contributed by atoms with Crippen molar-refractivity contribution >= 4 is 22.4 Å². The Bertz CT molecular complexity index is 479. The van der Waals surface area contributed by atoms with E-state index in [1.165, 1.54) is 17.0 Å². The van der Waals surface area contributed by atoms with E-state index in [2.05, 4.69) is 15.2 Å². The van der Waals surface area contributed by atoms with Gasteiger partial charge in [-0.15, -0.1) is 11.3 Å². The summed E-state index contributed by atoms with van der Waals surface area (Å²) in [4.78, 5) is 19.9. The third-order valence-electron chi connectivity index (χ3n) is 4.20. The van der Waals surface area contributed by atoms with Crippen molar-refractivity contribution in [2.45, 2.75) is 38.7 Å². The number of aryl methyl sites for hydroxylation is 2. The Balaban J connectivity index is 1.50. The number of likely N-dealkylation sites (tertiary alicyclic amines) is 1. The minimum atomic E-state index is -0.287. The molecule has 110 valence electrons. The monoisotopic (exact) mass is 295 g/mol. The van der Waals surface area contributed by atoms with E-state index >= 15 is 0 Å². The van der Waals surface area contributed by atoms with E-state index in [1.807, 2.05) is 6.92 Å². The standard InChI is InChI=1S/C14H21N3O2S/c1-9(18)10-5-6-17(7-10)8-13(19)16-14-15-11-3-2-4-12(11)20-14/h9-10,18H,2-8H2,1H3,(H,15,16,19). The number of nitrogens with one attached hydrogen (secondary N) is 1. The number of hydrogen-bond donors (Lipinski definition) is 2. The smallest absolute Gasteiger partial charge is 0.240 e. The number of aromatic nitrogens is 1. The van der Waals surface area contributed by atoms with Crippen LogP contribution in [0, 0.1) is 5.92 Å². The van der Waals surface area contributed by atoms with Crippen LogP contribution in [0.5, 0.6) is 0 Å². The zero-order valence-corrected chi connectivity index (χ0v) is 12.6. The Hall–Kier alpha value is -0.980. The van der Waals surface area contributed by atoms with Crippen LogP contribution in [0.15, 0.2) is 0 Å². The Kier molecular flexibility index (Phi) is 4.05. The van der Waals surface area contributed by atoms with Gasteiger partial charge in [0.15, 0.2) is 5.13 Å². The number of carbonyl (C=O) groups is 1. The van der Waals surface area contributed by atoms with E-state index in [0.717, 1.165) is 37.5 Å². The molecule has 20 heavy (non-hydrogen) atoms. The average molecular weight is 295 g/mol. The maximum atomic E-state index is 12.0.